The van der Waals surface area contributed by atoms with E-state index in [1.807, 2.05) is 6.07 Å². The van der Waals surface area contributed by atoms with Crippen molar-refractivity contribution in [3.8, 4) is 0 Å². The monoisotopic (exact) mass is 379 g/mol. The second-order valence-corrected chi connectivity index (χ2v) is 6.42. The molecule has 2 aliphatic rings. The molecule has 27 heavy (non-hydrogen) atoms. The van der Waals surface area contributed by atoms with E-state index in [9.17, 15) is 18.0 Å². The van der Waals surface area contributed by atoms with E-state index < -0.39 is 24.7 Å². The average Bonchev–Trinajstić information content (AvgIpc) is 2.89. The molecule has 1 unspecified atom stereocenters. The first-order valence-electron chi connectivity index (χ1n) is 8.50. The van der Waals surface area contributed by atoms with Crippen LogP contribution in [0.4, 0.5) is 13.2 Å². The summed E-state index contributed by atoms with van der Waals surface area (Å²) in [5.74, 6) is -0.818. The predicted molar refractivity (Wildman–Crippen MR) is 94.5 cm³/mol. The van der Waals surface area contributed by atoms with E-state index in [2.05, 4.69) is 9.73 Å². The van der Waals surface area contributed by atoms with Crippen LogP contribution in [0.25, 0.3) is 0 Å². The fraction of sp³-hybridized carbons (Fsp3) is 0.368. The highest BCUT2D eigenvalue weighted by atomic mass is 19.3. The van der Waals surface area contributed by atoms with E-state index in [0.717, 1.165) is 0 Å². The highest BCUT2D eigenvalue weighted by Crippen LogP contribution is 2.45. The maximum absolute atomic E-state index is 13.1. The molecule has 0 fully saturated rings. The normalized spacial score (nSPS) is 25.4. The standard InChI is InChI=1S/C19H20F3N3O2/c1-25-16(26)19(24-18(25)23,13-5-3-2-4-6-13)14-7-8-15(27-17(21)22)12(11-14)9-10-20/h2-8,14,17H,9-11H2,1H3,(H2,23,24)/t14?,19-/m0/s1. The van der Waals surface area contributed by atoms with Crippen molar-refractivity contribution in [3.63, 3.8) is 0 Å². The van der Waals surface area contributed by atoms with E-state index in [-0.39, 0.29) is 30.5 Å². The molecule has 1 aliphatic heterocycles. The SMILES string of the molecule is CN1C(=O)[C@](c2ccccc2)(C2C=CC(OC(F)F)=C(CCF)C2)N=C1N. The number of hydrogen-bond acceptors (Lipinski definition) is 4. The van der Waals surface area contributed by atoms with Crippen molar-refractivity contribution in [3.05, 3.63) is 59.4 Å². The lowest BCUT2D eigenvalue weighted by Gasteiger charge is -2.34. The summed E-state index contributed by atoms with van der Waals surface area (Å²) >= 11 is 0. The van der Waals surface area contributed by atoms with Crippen LogP contribution in [0.1, 0.15) is 18.4 Å². The van der Waals surface area contributed by atoms with Crippen molar-refractivity contribution < 1.29 is 22.7 Å². The first kappa shape index (κ1) is 19.0. The van der Waals surface area contributed by atoms with Crippen LogP contribution in [0.3, 0.4) is 0 Å². The Morgan fingerprint density at radius 1 is 1.37 bits per heavy atom. The second-order valence-electron chi connectivity index (χ2n) is 6.42. The highest BCUT2D eigenvalue weighted by molar-refractivity contribution is 6.07. The molecule has 3 rings (SSSR count). The third-order valence-electron chi connectivity index (χ3n) is 4.92. The molecule has 0 bridgehead atoms. The van der Waals surface area contributed by atoms with Crippen LogP contribution < -0.4 is 5.73 Å². The summed E-state index contributed by atoms with van der Waals surface area (Å²) in [6.45, 7) is -3.73. The van der Waals surface area contributed by atoms with Gasteiger partial charge in [0.25, 0.3) is 5.91 Å². The number of carbonyl (C=O) groups is 1. The van der Waals surface area contributed by atoms with E-state index in [0.29, 0.717) is 11.1 Å². The fourth-order valence-electron chi connectivity index (χ4n) is 3.60. The molecular weight excluding hydrogens is 359 g/mol. The lowest BCUT2D eigenvalue weighted by molar-refractivity contribution is -0.132. The van der Waals surface area contributed by atoms with Gasteiger partial charge in [0, 0.05) is 19.4 Å². The van der Waals surface area contributed by atoms with Gasteiger partial charge in [-0.2, -0.15) is 8.78 Å². The molecule has 0 saturated heterocycles. The number of nitrogens with two attached hydrogens (primary N) is 1. The van der Waals surface area contributed by atoms with E-state index >= 15 is 0 Å². The Kier molecular flexibility index (Phi) is 5.25. The molecule has 2 atom stereocenters. The van der Waals surface area contributed by atoms with Gasteiger partial charge in [-0.05, 0) is 23.6 Å². The number of rotatable bonds is 6. The Balaban J connectivity index is 2.05. The number of aliphatic imine (C=N–C) groups is 1. The maximum Gasteiger partial charge on any atom is 0.387 e. The van der Waals surface area contributed by atoms with Crippen molar-refractivity contribution >= 4 is 11.9 Å². The zero-order valence-corrected chi connectivity index (χ0v) is 14.7. The number of nitrogens with zero attached hydrogens (tertiary/aromatic N) is 2. The van der Waals surface area contributed by atoms with Crippen molar-refractivity contribution in [1.29, 1.82) is 0 Å². The van der Waals surface area contributed by atoms with Gasteiger partial charge in [0.05, 0.1) is 6.67 Å². The third-order valence-corrected chi connectivity index (χ3v) is 4.92. The Bertz CT molecular complexity index is 808. The van der Waals surface area contributed by atoms with Gasteiger partial charge >= 0.3 is 6.61 Å². The summed E-state index contributed by atoms with van der Waals surface area (Å²) in [6, 6.07) is 8.92. The quantitative estimate of drug-likeness (QED) is 0.826. The molecule has 1 aromatic carbocycles. The lowest BCUT2D eigenvalue weighted by atomic mass is 9.73. The van der Waals surface area contributed by atoms with Gasteiger partial charge in [-0.1, -0.05) is 36.4 Å². The van der Waals surface area contributed by atoms with E-state index in [4.69, 9.17) is 5.73 Å². The second kappa shape index (κ2) is 7.46. The fourth-order valence-corrected chi connectivity index (χ4v) is 3.60. The van der Waals surface area contributed by atoms with Gasteiger partial charge in [0.1, 0.15) is 5.76 Å². The Morgan fingerprint density at radius 3 is 2.63 bits per heavy atom. The minimum atomic E-state index is -3.01. The van der Waals surface area contributed by atoms with Crippen LogP contribution in [-0.2, 0) is 15.1 Å². The van der Waals surface area contributed by atoms with Gasteiger partial charge in [-0.3, -0.25) is 14.1 Å². The third kappa shape index (κ3) is 3.31. The number of alkyl halides is 3. The lowest BCUT2D eigenvalue weighted by Crippen LogP contribution is -2.45. The summed E-state index contributed by atoms with van der Waals surface area (Å²) in [4.78, 5) is 18.9. The molecule has 0 saturated carbocycles. The number of allylic oxidation sites excluding steroid dienone is 2. The summed E-state index contributed by atoms with van der Waals surface area (Å²) in [6.07, 6.45) is 3.08. The molecule has 0 aromatic heterocycles. The topological polar surface area (TPSA) is 67.9 Å². The summed E-state index contributed by atoms with van der Waals surface area (Å²) in [7, 11) is 1.53. The van der Waals surface area contributed by atoms with Crippen LogP contribution in [0.2, 0.25) is 0 Å². The number of benzene rings is 1. The maximum atomic E-state index is 13.1. The predicted octanol–water partition coefficient (Wildman–Crippen LogP) is 3.10. The number of ether oxygens (including phenoxy) is 1. The number of carbonyl (C=O) groups excluding carboxylic acids is 1. The number of amides is 1. The first-order valence-corrected chi connectivity index (χ1v) is 8.50. The largest absolute Gasteiger partial charge is 0.435 e. The summed E-state index contributed by atoms with van der Waals surface area (Å²) in [5, 5.41) is 0. The molecule has 2 N–H and O–H groups in total. The number of halogens is 3. The van der Waals surface area contributed by atoms with Gasteiger partial charge in [0.2, 0.25) is 0 Å². The summed E-state index contributed by atoms with van der Waals surface area (Å²) < 4.78 is 42.8. The zero-order chi connectivity index (χ0) is 19.6. The average molecular weight is 379 g/mol. The van der Waals surface area contributed by atoms with Crippen molar-refractivity contribution in [2.45, 2.75) is 25.0 Å². The van der Waals surface area contributed by atoms with Gasteiger partial charge in [-0.25, -0.2) is 4.99 Å². The molecule has 1 amide bonds. The number of guanidine groups is 1. The van der Waals surface area contributed by atoms with Crippen LogP contribution in [0.5, 0.6) is 0 Å². The molecule has 144 valence electrons. The van der Waals surface area contributed by atoms with Crippen LogP contribution in [0, 0.1) is 5.92 Å². The summed E-state index contributed by atoms with van der Waals surface area (Å²) in [5.41, 5.74) is 5.60. The van der Waals surface area contributed by atoms with Crippen molar-refractivity contribution in [1.82, 2.24) is 4.90 Å². The van der Waals surface area contributed by atoms with E-state index in [1.54, 1.807) is 30.3 Å². The smallest absolute Gasteiger partial charge is 0.387 e. The Labute approximate surface area is 155 Å². The van der Waals surface area contributed by atoms with Crippen LogP contribution >= 0.6 is 0 Å². The molecule has 0 radical (unpaired) electrons. The molecule has 0 spiro atoms. The molecule has 8 heteroatoms. The molecule has 1 aliphatic carbocycles. The Morgan fingerprint density at radius 2 is 2.07 bits per heavy atom. The van der Waals surface area contributed by atoms with E-state index in [1.165, 1.54) is 18.0 Å². The Hall–Kier alpha value is -2.77. The number of hydrogen-bond donors (Lipinski definition) is 1. The number of likely N-dealkylation sites (N-methyl/N-ethyl adjacent to an activating group) is 1. The van der Waals surface area contributed by atoms with Crippen molar-refractivity contribution in [2.75, 3.05) is 13.7 Å². The van der Waals surface area contributed by atoms with Crippen LogP contribution in [-0.4, -0.2) is 37.1 Å². The van der Waals surface area contributed by atoms with Gasteiger partial charge < -0.3 is 10.5 Å². The minimum Gasteiger partial charge on any atom is -0.435 e. The van der Waals surface area contributed by atoms with Crippen LogP contribution in [0.15, 0.2) is 58.8 Å². The van der Waals surface area contributed by atoms with Crippen molar-refractivity contribution in [2.24, 2.45) is 16.6 Å². The van der Waals surface area contributed by atoms with Gasteiger partial charge in [0.15, 0.2) is 11.5 Å². The first-order chi connectivity index (χ1) is 12.9. The molecule has 5 nitrogen and oxygen atoms in total. The zero-order valence-electron chi connectivity index (χ0n) is 14.7. The minimum absolute atomic E-state index is 0.0575. The van der Waals surface area contributed by atoms with Gasteiger partial charge in [-0.15, -0.1) is 0 Å². The highest BCUT2D eigenvalue weighted by Gasteiger charge is 2.53. The molecule has 1 aromatic rings. The molecular formula is C19H20F3N3O2. The molecule has 1 heterocycles.